The van der Waals surface area contributed by atoms with E-state index in [-0.39, 0.29) is 6.10 Å². The molecule has 0 heterocycles. The van der Waals surface area contributed by atoms with Crippen LogP contribution < -0.4 is 10.5 Å². The Morgan fingerprint density at radius 2 is 1.65 bits per heavy atom. The zero-order chi connectivity index (χ0) is 14.7. The average molecular weight is 269 g/mol. The molecule has 0 saturated carbocycles. The Morgan fingerprint density at radius 3 is 2.25 bits per heavy atom. The number of nitrogen functional groups attached to an aromatic ring is 1. The highest BCUT2D eigenvalue weighted by atomic mass is 16.5. The summed E-state index contributed by atoms with van der Waals surface area (Å²) in [6, 6.07) is 14.3. The van der Waals surface area contributed by atoms with Crippen LogP contribution in [0.4, 0.5) is 5.69 Å². The van der Waals surface area contributed by atoms with Gasteiger partial charge in [0.2, 0.25) is 0 Å². The summed E-state index contributed by atoms with van der Waals surface area (Å²) in [4.78, 5) is 0. The van der Waals surface area contributed by atoms with Gasteiger partial charge in [0.25, 0.3) is 0 Å². The maximum absolute atomic E-state index is 6.17. The Morgan fingerprint density at radius 1 is 1.00 bits per heavy atom. The van der Waals surface area contributed by atoms with Crippen molar-refractivity contribution in [3.63, 3.8) is 0 Å². The fourth-order valence-corrected chi connectivity index (χ4v) is 2.25. The lowest BCUT2D eigenvalue weighted by Gasteiger charge is -2.20. The molecule has 2 aromatic carbocycles. The SMILES string of the molecule is Cc1cc(OC(C)c2ccccc2)c(C(C)C)cc1N. The standard InChI is InChI=1S/C18H23NO/c1-12(2)16-11-17(19)13(3)10-18(16)20-14(4)15-8-6-5-7-9-15/h5-12,14H,19H2,1-4H3. The van der Waals surface area contributed by atoms with Gasteiger partial charge in [-0.3, -0.25) is 0 Å². The van der Waals surface area contributed by atoms with E-state index in [2.05, 4.69) is 32.9 Å². The lowest BCUT2D eigenvalue weighted by molar-refractivity contribution is 0.224. The Kier molecular flexibility index (Phi) is 4.33. The van der Waals surface area contributed by atoms with E-state index in [4.69, 9.17) is 10.5 Å². The number of hydrogen-bond acceptors (Lipinski definition) is 2. The third-order valence-electron chi connectivity index (χ3n) is 3.59. The van der Waals surface area contributed by atoms with Crippen LogP contribution in [0.1, 0.15) is 49.5 Å². The smallest absolute Gasteiger partial charge is 0.124 e. The minimum absolute atomic E-state index is 0.0247. The van der Waals surface area contributed by atoms with Crippen molar-refractivity contribution in [1.82, 2.24) is 0 Å². The Bertz CT molecular complexity index is 575. The molecule has 0 spiro atoms. The van der Waals surface area contributed by atoms with Crippen molar-refractivity contribution >= 4 is 5.69 Å². The molecule has 0 amide bonds. The lowest BCUT2D eigenvalue weighted by atomic mass is 9.99. The lowest BCUT2D eigenvalue weighted by Crippen LogP contribution is -2.06. The van der Waals surface area contributed by atoms with E-state index in [1.54, 1.807) is 0 Å². The molecule has 0 bridgehead atoms. The quantitative estimate of drug-likeness (QED) is 0.806. The van der Waals surface area contributed by atoms with E-state index < -0.39 is 0 Å². The molecule has 2 rings (SSSR count). The first-order valence-electron chi connectivity index (χ1n) is 7.10. The molecule has 0 aromatic heterocycles. The molecule has 2 heteroatoms. The number of anilines is 1. The second-order valence-electron chi connectivity index (χ2n) is 5.57. The zero-order valence-electron chi connectivity index (χ0n) is 12.7. The normalized spacial score (nSPS) is 12.4. The van der Waals surface area contributed by atoms with Gasteiger partial charge in [-0.15, -0.1) is 0 Å². The largest absolute Gasteiger partial charge is 0.486 e. The fourth-order valence-electron chi connectivity index (χ4n) is 2.25. The zero-order valence-corrected chi connectivity index (χ0v) is 12.7. The molecule has 1 unspecified atom stereocenters. The number of hydrogen-bond donors (Lipinski definition) is 1. The first-order valence-corrected chi connectivity index (χ1v) is 7.10. The molecule has 1 atom stereocenters. The first kappa shape index (κ1) is 14.4. The summed E-state index contributed by atoms with van der Waals surface area (Å²) in [6.45, 7) is 8.40. The second-order valence-corrected chi connectivity index (χ2v) is 5.57. The highest BCUT2D eigenvalue weighted by molar-refractivity contribution is 5.55. The molecular formula is C18H23NO. The second kappa shape index (κ2) is 6.00. The van der Waals surface area contributed by atoms with Crippen LogP contribution in [0.25, 0.3) is 0 Å². The van der Waals surface area contributed by atoms with Gasteiger partial charge in [-0.25, -0.2) is 0 Å². The summed E-state index contributed by atoms with van der Waals surface area (Å²) in [6.07, 6.45) is 0.0247. The summed E-state index contributed by atoms with van der Waals surface area (Å²) in [5.41, 5.74) is 10.2. The number of ether oxygens (including phenoxy) is 1. The monoisotopic (exact) mass is 269 g/mol. The van der Waals surface area contributed by atoms with E-state index in [1.165, 1.54) is 5.56 Å². The van der Waals surface area contributed by atoms with E-state index in [0.29, 0.717) is 5.92 Å². The van der Waals surface area contributed by atoms with Crippen LogP contribution in [0, 0.1) is 6.92 Å². The van der Waals surface area contributed by atoms with E-state index in [0.717, 1.165) is 22.6 Å². The van der Waals surface area contributed by atoms with E-state index in [9.17, 15) is 0 Å². The molecular weight excluding hydrogens is 246 g/mol. The highest BCUT2D eigenvalue weighted by Gasteiger charge is 2.14. The summed E-state index contributed by atoms with van der Waals surface area (Å²) < 4.78 is 6.17. The molecule has 0 radical (unpaired) electrons. The van der Waals surface area contributed by atoms with Gasteiger partial charge in [-0.05, 0) is 48.6 Å². The van der Waals surface area contributed by atoms with Crippen molar-refractivity contribution in [3.05, 3.63) is 59.2 Å². The van der Waals surface area contributed by atoms with Crippen LogP contribution >= 0.6 is 0 Å². The fraction of sp³-hybridized carbons (Fsp3) is 0.333. The molecule has 0 saturated heterocycles. The molecule has 2 nitrogen and oxygen atoms in total. The van der Waals surface area contributed by atoms with Gasteiger partial charge in [0.05, 0.1) is 0 Å². The molecule has 2 N–H and O–H groups in total. The summed E-state index contributed by atoms with van der Waals surface area (Å²) >= 11 is 0. The molecule has 0 aliphatic heterocycles. The van der Waals surface area contributed by atoms with Gasteiger partial charge in [-0.2, -0.15) is 0 Å². The van der Waals surface area contributed by atoms with E-state index >= 15 is 0 Å². The Balaban J connectivity index is 2.31. The topological polar surface area (TPSA) is 35.2 Å². The number of aryl methyl sites for hydroxylation is 1. The maximum atomic E-state index is 6.17. The van der Waals surface area contributed by atoms with Gasteiger partial charge in [0, 0.05) is 5.69 Å². The van der Waals surface area contributed by atoms with E-state index in [1.807, 2.05) is 37.3 Å². The molecule has 0 fully saturated rings. The summed E-state index contributed by atoms with van der Waals surface area (Å²) in [5, 5.41) is 0. The van der Waals surface area contributed by atoms with Crippen molar-refractivity contribution in [1.29, 1.82) is 0 Å². The molecule has 106 valence electrons. The number of nitrogens with two attached hydrogens (primary N) is 1. The van der Waals surface area contributed by atoms with Crippen LogP contribution in [0.5, 0.6) is 5.75 Å². The Labute approximate surface area is 121 Å². The van der Waals surface area contributed by atoms with Crippen LogP contribution in [-0.4, -0.2) is 0 Å². The van der Waals surface area contributed by atoms with Crippen LogP contribution in [0.2, 0.25) is 0 Å². The minimum atomic E-state index is 0.0247. The van der Waals surface area contributed by atoms with Gasteiger partial charge >= 0.3 is 0 Å². The molecule has 0 aliphatic carbocycles. The van der Waals surface area contributed by atoms with Gasteiger partial charge in [0.15, 0.2) is 0 Å². The van der Waals surface area contributed by atoms with Gasteiger partial charge in [0.1, 0.15) is 11.9 Å². The van der Waals surface area contributed by atoms with Crippen molar-refractivity contribution in [3.8, 4) is 5.75 Å². The predicted octanol–water partition coefficient (Wildman–Crippen LogP) is 4.84. The Hall–Kier alpha value is -1.96. The van der Waals surface area contributed by atoms with Crippen LogP contribution in [0.15, 0.2) is 42.5 Å². The number of rotatable bonds is 4. The third kappa shape index (κ3) is 3.13. The highest BCUT2D eigenvalue weighted by Crippen LogP contribution is 2.33. The predicted molar refractivity (Wildman–Crippen MR) is 85.2 cm³/mol. The maximum Gasteiger partial charge on any atom is 0.124 e. The van der Waals surface area contributed by atoms with Crippen molar-refractivity contribution in [2.24, 2.45) is 0 Å². The molecule has 20 heavy (non-hydrogen) atoms. The average Bonchev–Trinajstić information content (AvgIpc) is 2.43. The molecule has 0 aliphatic rings. The third-order valence-corrected chi connectivity index (χ3v) is 3.59. The summed E-state index contributed by atoms with van der Waals surface area (Å²) in [5.74, 6) is 1.32. The number of benzene rings is 2. The van der Waals surface area contributed by atoms with Gasteiger partial charge < -0.3 is 10.5 Å². The van der Waals surface area contributed by atoms with Crippen molar-refractivity contribution < 1.29 is 4.74 Å². The van der Waals surface area contributed by atoms with Crippen LogP contribution in [0.3, 0.4) is 0 Å². The first-order chi connectivity index (χ1) is 9.49. The van der Waals surface area contributed by atoms with Gasteiger partial charge in [-0.1, -0.05) is 44.2 Å². The van der Waals surface area contributed by atoms with Crippen LogP contribution in [-0.2, 0) is 0 Å². The van der Waals surface area contributed by atoms with Crippen molar-refractivity contribution in [2.75, 3.05) is 5.73 Å². The summed E-state index contributed by atoms with van der Waals surface area (Å²) in [7, 11) is 0. The minimum Gasteiger partial charge on any atom is -0.486 e. The van der Waals surface area contributed by atoms with Crippen molar-refractivity contribution in [2.45, 2.75) is 39.7 Å². The molecule has 2 aromatic rings.